The van der Waals surface area contributed by atoms with Crippen molar-refractivity contribution in [2.75, 3.05) is 13.1 Å². The molecule has 1 fully saturated rings. The van der Waals surface area contributed by atoms with Crippen LogP contribution in [0.3, 0.4) is 0 Å². The van der Waals surface area contributed by atoms with Crippen molar-refractivity contribution in [3.63, 3.8) is 0 Å². The Bertz CT molecular complexity index is 499. The van der Waals surface area contributed by atoms with Crippen molar-refractivity contribution in [1.82, 2.24) is 4.31 Å². The fraction of sp³-hybridized carbons (Fsp3) is 0.600. The van der Waals surface area contributed by atoms with E-state index in [0.717, 1.165) is 0 Å². The van der Waals surface area contributed by atoms with Gasteiger partial charge in [0, 0.05) is 13.1 Å². The third-order valence-corrected chi connectivity index (χ3v) is 7.93. The standard InChI is InChI=1S/C10H13BrClNO2S2/c1-6-4-13(5-7(6)2)17(14,15)9-3-8(12)10(11)16-9/h3,6-7H,4-5H2,1-2H3. The van der Waals surface area contributed by atoms with E-state index in [-0.39, 0.29) is 0 Å². The summed E-state index contributed by atoms with van der Waals surface area (Å²) in [5.41, 5.74) is 0. The number of hydrogen-bond acceptors (Lipinski definition) is 3. The second-order valence-corrected chi connectivity index (χ2v) is 9.41. The largest absolute Gasteiger partial charge is 0.252 e. The molecule has 1 aliphatic rings. The number of nitrogens with zero attached hydrogens (tertiary/aromatic N) is 1. The van der Waals surface area contributed by atoms with Crippen LogP contribution in [0.15, 0.2) is 14.1 Å². The minimum Gasteiger partial charge on any atom is -0.206 e. The first-order valence-corrected chi connectivity index (χ1v) is 8.70. The van der Waals surface area contributed by atoms with Crippen LogP contribution in [-0.2, 0) is 10.0 Å². The van der Waals surface area contributed by atoms with E-state index in [1.54, 1.807) is 4.31 Å². The zero-order chi connectivity index (χ0) is 12.8. The van der Waals surface area contributed by atoms with Crippen LogP contribution in [0.2, 0.25) is 5.02 Å². The third kappa shape index (κ3) is 2.56. The van der Waals surface area contributed by atoms with Crippen LogP contribution in [-0.4, -0.2) is 25.8 Å². The van der Waals surface area contributed by atoms with E-state index >= 15 is 0 Å². The fourth-order valence-electron chi connectivity index (χ4n) is 1.85. The molecule has 1 aliphatic heterocycles. The molecular formula is C10H13BrClNO2S2. The van der Waals surface area contributed by atoms with Crippen molar-refractivity contribution in [1.29, 1.82) is 0 Å². The molecule has 0 spiro atoms. The van der Waals surface area contributed by atoms with Crippen molar-refractivity contribution < 1.29 is 8.42 Å². The van der Waals surface area contributed by atoms with Gasteiger partial charge in [-0.3, -0.25) is 0 Å². The first kappa shape index (κ1) is 13.8. The van der Waals surface area contributed by atoms with Gasteiger partial charge in [0.25, 0.3) is 10.0 Å². The molecular weight excluding hydrogens is 346 g/mol. The average Bonchev–Trinajstić information content (AvgIpc) is 2.74. The minimum atomic E-state index is -3.37. The summed E-state index contributed by atoms with van der Waals surface area (Å²) >= 11 is 10.3. The molecule has 0 aliphatic carbocycles. The normalized spacial score (nSPS) is 26.6. The zero-order valence-corrected chi connectivity index (χ0v) is 13.5. The van der Waals surface area contributed by atoms with E-state index in [1.165, 1.54) is 17.4 Å². The Hall–Kier alpha value is 0.380. The van der Waals surface area contributed by atoms with Crippen LogP contribution in [0.4, 0.5) is 0 Å². The smallest absolute Gasteiger partial charge is 0.206 e. The summed E-state index contributed by atoms with van der Waals surface area (Å²) in [5.74, 6) is 0.812. The van der Waals surface area contributed by atoms with Crippen molar-refractivity contribution in [2.24, 2.45) is 11.8 Å². The van der Waals surface area contributed by atoms with E-state index in [9.17, 15) is 8.42 Å². The molecule has 0 amide bonds. The molecule has 0 radical (unpaired) electrons. The lowest BCUT2D eigenvalue weighted by Crippen LogP contribution is -2.28. The Kier molecular flexibility index (Phi) is 3.91. The Balaban J connectivity index is 2.31. The lowest BCUT2D eigenvalue weighted by atomic mass is 10.0. The van der Waals surface area contributed by atoms with Crippen LogP contribution in [0.25, 0.3) is 0 Å². The highest BCUT2D eigenvalue weighted by Crippen LogP contribution is 2.37. The minimum absolute atomic E-state index is 0.315. The predicted octanol–water partition coefficient (Wildman–Crippen LogP) is 3.44. The lowest BCUT2D eigenvalue weighted by Gasteiger charge is -2.14. The van der Waals surface area contributed by atoms with Crippen LogP contribution >= 0.6 is 38.9 Å². The summed E-state index contributed by atoms with van der Waals surface area (Å²) in [5, 5.41) is 0.453. The van der Waals surface area contributed by atoms with Gasteiger partial charge in [-0.2, -0.15) is 4.31 Å². The van der Waals surface area contributed by atoms with Crippen LogP contribution < -0.4 is 0 Å². The van der Waals surface area contributed by atoms with Gasteiger partial charge in [-0.05, 0) is 33.8 Å². The van der Waals surface area contributed by atoms with Crippen molar-refractivity contribution >= 4 is 48.9 Å². The molecule has 7 heteroatoms. The Labute approximate surface area is 119 Å². The zero-order valence-electron chi connectivity index (χ0n) is 9.48. The summed E-state index contributed by atoms with van der Waals surface area (Å²) in [7, 11) is -3.37. The van der Waals surface area contributed by atoms with Gasteiger partial charge < -0.3 is 0 Å². The molecule has 2 unspecified atom stereocenters. The molecule has 1 aromatic heterocycles. The van der Waals surface area contributed by atoms with Crippen LogP contribution in [0, 0.1) is 11.8 Å². The summed E-state index contributed by atoms with van der Waals surface area (Å²) in [6, 6.07) is 1.51. The first-order valence-electron chi connectivity index (χ1n) is 5.27. The third-order valence-electron chi connectivity index (χ3n) is 3.17. The van der Waals surface area contributed by atoms with Gasteiger partial charge in [0.15, 0.2) is 0 Å². The maximum Gasteiger partial charge on any atom is 0.252 e. The monoisotopic (exact) mass is 357 g/mol. The summed E-state index contributed by atoms with van der Waals surface area (Å²) in [6.07, 6.45) is 0. The second-order valence-electron chi connectivity index (χ2n) is 4.46. The number of halogens is 2. The van der Waals surface area contributed by atoms with Gasteiger partial charge in [-0.25, -0.2) is 8.42 Å². The highest BCUT2D eigenvalue weighted by Gasteiger charge is 2.36. The van der Waals surface area contributed by atoms with E-state index in [4.69, 9.17) is 11.6 Å². The predicted molar refractivity (Wildman–Crippen MR) is 74.1 cm³/mol. The van der Waals surface area contributed by atoms with Crippen molar-refractivity contribution in [2.45, 2.75) is 18.1 Å². The van der Waals surface area contributed by atoms with E-state index in [2.05, 4.69) is 29.8 Å². The molecule has 2 atom stereocenters. The molecule has 3 nitrogen and oxygen atoms in total. The molecule has 2 heterocycles. The van der Waals surface area contributed by atoms with E-state index < -0.39 is 10.0 Å². The second kappa shape index (κ2) is 4.81. The van der Waals surface area contributed by atoms with Crippen LogP contribution in [0.1, 0.15) is 13.8 Å². The summed E-state index contributed by atoms with van der Waals surface area (Å²) in [6.45, 7) is 5.35. The summed E-state index contributed by atoms with van der Waals surface area (Å²) < 4.78 is 27.2. The summed E-state index contributed by atoms with van der Waals surface area (Å²) in [4.78, 5) is 0. The maximum atomic E-state index is 12.3. The molecule has 17 heavy (non-hydrogen) atoms. The van der Waals surface area contributed by atoms with Gasteiger partial charge in [0.2, 0.25) is 0 Å². The molecule has 2 rings (SSSR count). The van der Waals surface area contributed by atoms with Gasteiger partial charge in [0.1, 0.15) is 4.21 Å². The molecule has 1 aromatic rings. The lowest BCUT2D eigenvalue weighted by molar-refractivity contribution is 0.465. The van der Waals surface area contributed by atoms with Gasteiger partial charge >= 0.3 is 0 Å². The highest BCUT2D eigenvalue weighted by atomic mass is 79.9. The Morgan fingerprint density at radius 3 is 2.35 bits per heavy atom. The van der Waals surface area contributed by atoms with Crippen LogP contribution in [0.5, 0.6) is 0 Å². The van der Waals surface area contributed by atoms with E-state index in [0.29, 0.717) is 37.9 Å². The van der Waals surface area contributed by atoms with Crippen molar-refractivity contribution in [3.8, 4) is 0 Å². The molecule has 0 aromatic carbocycles. The number of hydrogen-bond donors (Lipinski definition) is 0. The molecule has 0 saturated carbocycles. The Morgan fingerprint density at radius 1 is 1.41 bits per heavy atom. The van der Waals surface area contributed by atoms with Gasteiger partial charge in [-0.1, -0.05) is 25.4 Å². The number of thiophene rings is 1. The fourth-order valence-corrected chi connectivity index (χ4v) is 6.05. The van der Waals surface area contributed by atoms with Crippen molar-refractivity contribution in [3.05, 3.63) is 14.9 Å². The molecule has 1 saturated heterocycles. The maximum absolute atomic E-state index is 12.3. The number of sulfonamides is 1. The molecule has 0 N–H and O–H groups in total. The van der Waals surface area contributed by atoms with Gasteiger partial charge in [0.05, 0.1) is 8.81 Å². The Morgan fingerprint density at radius 2 is 1.94 bits per heavy atom. The van der Waals surface area contributed by atoms with E-state index in [1.807, 2.05) is 0 Å². The highest BCUT2D eigenvalue weighted by molar-refractivity contribution is 9.11. The SMILES string of the molecule is CC1CN(S(=O)(=O)c2cc(Cl)c(Br)s2)CC1C. The van der Waals surface area contributed by atoms with Gasteiger partial charge in [-0.15, -0.1) is 11.3 Å². The average molecular weight is 359 g/mol. The number of rotatable bonds is 2. The first-order chi connectivity index (χ1) is 7.82. The quantitative estimate of drug-likeness (QED) is 0.812. The molecule has 96 valence electrons. The topological polar surface area (TPSA) is 37.4 Å². The molecule has 0 bridgehead atoms.